The van der Waals surface area contributed by atoms with Gasteiger partial charge in [-0.05, 0) is 36.2 Å². The van der Waals surface area contributed by atoms with Gasteiger partial charge < -0.3 is 4.90 Å². The highest BCUT2D eigenvalue weighted by atomic mass is 35.5. The van der Waals surface area contributed by atoms with Crippen LogP contribution in [0, 0.1) is 0 Å². The highest BCUT2D eigenvalue weighted by Gasteiger charge is 2.22. The number of carbonyl (C=O) groups is 1. The van der Waals surface area contributed by atoms with Crippen LogP contribution in [0.4, 0.5) is 0 Å². The van der Waals surface area contributed by atoms with Crippen LogP contribution in [-0.2, 0) is 4.79 Å². The summed E-state index contributed by atoms with van der Waals surface area (Å²) in [4.78, 5) is 14.0. The number of amides is 1. The van der Waals surface area contributed by atoms with Gasteiger partial charge in [-0.15, -0.1) is 11.6 Å². The zero-order valence-electron chi connectivity index (χ0n) is 11.3. The lowest BCUT2D eigenvalue weighted by atomic mass is 10.0. The van der Waals surface area contributed by atoms with Crippen LogP contribution >= 0.6 is 11.6 Å². The van der Waals surface area contributed by atoms with Crippen LogP contribution in [0.1, 0.15) is 24.8 Å². The molecule has 0 aliphatic carbocycles. The Kier molecular flexibility index (Phi) is 4.43. The van der Waals surface area contributed by atoms with E-state index in [0.29, 0.717) is 13.1 Å². The first-order valence-electron chi connectivity index (χ1n) is 6.59. The van der Waals surface area contributed by atoms with Crippen LogP contribution < -0.4 is 0 Å². The highest BCUT2D eigenvalue weighted by molar-refractivity contribution is 6.30. The summed E-state index contributed by atoms with van der Waals surface area (Å²) in [6.07, 6.45) is 0. The zero-order chi connectivity index (χ0) is 13.8. The fourth-order valence-electron chi connectivity index (χ4n) is 2.20. The highest BCUT2D eigenvalue weighted by Crippen LogP contribution is 2.26. The third kappa shape index (κ3) is 2.90. The maximum Gasteiger partial charge on any atom is 0.245 e. The molecule has 2 aromatic rings. The van der Waals surface area contributed by atoms with E-state index in [1.807, 2.05) is 50.2 Å². The van der Waals surface area contributed by atoms with Crippen molar-refractivity contribution in [3.63, 3.8) is 0 Å². The van der Waals surface area contributed by atoms with Gasteiger partial charge in [0.25, 0.3) is 0 Å². The van der Waals surface area contributed by atoms with Crippen LogP contribution in [0.2, 0.25) is 0 Å². The fourth-order valence-corrected chi connectivity index (χ4v) is 2.48. The molecule has 0 radical (unpaired) electrons. The SMILES string of the molecule is CCN(CC)C(=O)C(Cl)c1ccc2ccccc2c1. The number of halogens is 1. The second-order valence-corrected chi connectivity index (χ2v) is 4.92. The van der Waals surface area contributed by atoms with Gasteiger partial charge in [-0.2, -0.15) is 0 Å². The Balaban J connectivity index is 2.30. The monoisotopic (exact) mass is 275 g/mol. The molecule has 2 nitrogen and oxygen atoms in total. The second-order valence-electron chi connectivity index (χ2n) is 4.48. The molecule has 0 fully saturated rings. The fraction of sp³-hybridized carbons (Fsp3) is 0.312. The number of fused-ring (bicyclic) bond motifs is 1. The number of nitrogens with zero attached hydrogens (tertiary/aromatic N) is 1. The minimum Gasteiger partial charge on any atom is -0.342 e. The van der Waals surface area contributed by atoms with Crippen LogP contribution in [0.25, 0.3) is 10.8 Å². The molecule has 0 spiro atoms. The molecule has 100 valence electrons. The number of benzene rings is 2. The molecule has 0 aliphatic heterocycles. The molecule has 1 unspecified atom stereocenters. The zero-order valence-corrected chi connectivity index (χ0v) is 12.0. The Bertz CT molecular complexity index is 578. The number of carbonyl (C=O) groups excluding carboxylic acids is 1. The summed E-state index contributed by atoms with van der Waals surface area (Å²) in [6.45, 7) is 5.30. The number of alkyl halides is 1. The van der Waals surface area contributed by atoms with E-state index in [1.165, 1.54) is 0 Å². The van der Waals surface area contributed by atoms with Gasteiger partial charge >= 0.3 is 0 Å². The third-order valence-corrected chi connectivity index (χ3v) is 3.80. The van der Waals surface area contributed by atoms with Gasteiger partial charge in [0.15, 0.2) is 0 Å². The lowest BCUT2D eigenvalue weighted by Crippen LogP contribution is -2.33. The van der Waals surface area contributed by atoms with E-state index in [1.54, 1.807) is 4.90 Å². The van der Waals surface area contributed by atoms with E-state index in [0.717, 1.165) is 16.3 Å². The van der Waals surface area contributed by atoms with E-state index in [9.17, 15) is 4.79 Å². The number of hydrogen-bond acceptors (Lipinski definition) is 1. The lowest BCUT2D eigenvalue weighted by Gasteiger charge is -2.22. The number of likely N-dealkylation sites (N-methyl/N-ethyl adjacent to an activating group) is 1. The van der Waals surface area contributed by atoms with Crippen LogP contribution in [-0.4, -0.2) is 23.9 Å². The van der Waals surface area contributed by atoms with Crippen molar-refractivity contribution in [1.29, 1.82) is 0 Å². The van der Waals surface area contributed by atoms with Crippen molar-refractivity contribution in [3.05, 3.63) is 48.0 Å². The summed E-state index contributed by atoms with van der Waals surface area (Å²) in [6, 6.07) is 14.0. The predicted molar refractivity (Wildman–Crippen MR) is 80.5 cm³/mol. The van der Waals surface area contributed by atoms with Crippen molar-refractivity contribution in [1.82, 2.24) is 4.90 Å². The lowest BCUT2D eigenvalue weighted by molar-refractivity contribution is -0.130. The summed E-state index contributed by atoms with van der Waals surface area (Å²) in [5, 5.41) is 1.66. The van der Waals surface area contributed by atoms with Crippen LogP contribution in [0.5, 0.6) is 0 Å². The van der Waals surface area contributed by atoms with Crippen molar-refractivity contribution in [3.8, 4) is 0 Å². The molecular formula is C16H18ClNO. The average molecular weight is 276 g/mol. The third-order valence-electron chi connectivity index (χ3n) is 3.36. The first-order chi connectivity index (χ1) is 9.17. The molecular weight excluding hydrogens is 258 g/mol. The van der Waals surface area contributed by atoms with Gasteiger partial charge in [-0.25, -0.2) is 0 Å². The van der Waals surface area contributed by atoms with Gasteiger partial charge in [0.05, 0.1) is 0 Å². The molecule has 0 saturated heterocycles. The van der Waals surface area contributed by atoms with Gasteiger partial charge in [0.1, 0.15) is 5.38 Å². The summed E-state index contributed by atoms with van der Waals surface area (Å²) >= 11 is 6.32. The second kappa shape index (κ2) is 6.07. The average Bonchev–Trinajstić information content (AvgIpc) is 2.47. The predicted octanol–water partition coefficient (Wildman–Crippen LogP) is 3.99. The minimum absolute atomic E-state index is 0.0260. The maximum absolute atomic E-state index is 12.2. The molecule has 2 aromatic carbocycles. The van der Waals surface area contributed by atoms with Gasteiger partial charge in [-0.1, -0.05) is 36.4 Å². The van der Waals surface area contributed by atoms with Gasteiger partial charge in [0.2, 0.25) is 5.91 Å². The summed E-state index contributed by atoms with van der Waals surface area (Å²) in [7, 11) is 0. The Labute approximate surface area is 119 Å². The number of hydrogen-bond donors (Lipinski definition) is 0. The quantitative estimate of drug-likeness (QED) is 0.773. The first kappa shape index (κ1) is 13.9. The van der Waals surface area contributed by atoms with Crippen molar-refractivity contribution < 1.29 is 4.79 Å². The van der Waals surface area contributed by atoms with Gasteiger partial charge in [-0.3, -0.25) is 4.79 Å². The summed E-state index contributed by atoms with van der Waals surface area (Å²) in [5.74, 6) is -0.0260. The molecule has 0 aromatic heterocycles. The normalized spacial score (nSPS) is 12.4. The topological polar surface area (TPSA) is 20.3 Å². The molecule has 0 saturated carbocycles. The molecule has 1 atom stereocenters. The molecule has 0 heterocycles. The molecule has 0 bridgehead atoms. The summed E-state index contributed by atoms with van der Waals surface area (Å²) in [5.41, 5.74) is 0.859. The van der Waals surface area contributed by atoms with E-state index in [-0.39, 0.29) is 5.91 Å². The van der Waals surface area contributed by atoms with E-state index >= 15 is 0 Å². The van der Waals surface area contributed by atoms with Crippen molar-refractivity contribution in [2.45, 2.75) is 19.2 Å². The largest absolute Gasteiger partial charge is 0.342 e. The Morgan fingerprint density at radius 3 is 2.37 bits per heavy atom. The molecule has 1 amide bonds. The van der Waals surface area contributed by atoms with Crippen molar-refractivity contribution in [2.24, 2.45) is 0 Å². The molecule has 3 heteroatoms. The molecule has 19 heavy (non-hydrogen) atoms. The molecule has 0 aliphatic rings. The molecule has 2 rings (SSSR count). The Hall–Kier alpha value is -1.54. The van der Waals surface area contributed by atoms with E-state index in [2.05, 4.69) is 6.07 Å². The Morgan fingerprint density at radius 1 is 1.11 bits per heavy atom. The smallest absolute Gasteiger partial charge is 0.245 e. The van der Waals surface area contributed by atoms with E-state index in [4.69, 9.17) is 11.6 Å². The minimum atomic E-state index is -0.607. The van der Waals surface area contributed by atoms with E-state index < -0.39 is 5.38 Å². The van der Waals surface area contributed by atoms with Gasteiger partial charge in [0, 0.05) is 13.1 Å². The van der Waals surface area contributed by atoms with Crippen molar-refractivity contribution in [2.75, 3.05) is 13.1 Å². The Morgan fingerprint density at radius 2 is 1.74 bits per heavy atom. The van der Waals surface area contributed by atoms with Crippen LogP contribution in [0.15, 0.2) is 42.5 Å². The molecule has 0 N–H and O–H groups in total. The number of rotatable bonds is 4. The van der Waals surface area contributed by atoms with Crippen LogP contribution in [0.3, 0.4) is 0 Å². The maximum atomic E-state index is 12.2. The van der Waals surface area contributed by atoms with Crippen molar-refractivity contribution >= 4 is 28.3 Å². The first-order valence-corrected chi connectivity index (χ1v) is 7.02. The standard InChI is InChI=1S/C16H18ClNO/c1-3-18(4-2)16(19)15(17)14-10-9-12-7-5-6-8-13(12)11-14/h5-11,15H,3-4H2,1-2H3. The summed E-state index contributed by atoms with van der Waals surface area (Å²) < 4.78 is 0.